The fourth-order valence-electron chi connectivity index (χ4n) is 8.40. The van der Waals surface area contributed by atoms with E-state index < -0.39 is 21.3 Å². The molecule has 0 saturated heterocycles. The molecular weight excluding hydrogens is 763 g/mol. The first-order chi connectivity index (χ1) is 24.5. The van der Waals surface area contributed by atoms with Crippen LogP contribution in [0.15, 0.2) is 133 Å². The monoisotopic (exact) mass is 814 g/mol. The van der Waals surface area contributed by atoms with E-state index in [1.807, 2.05) is 3.21 Å². The second-order valence-corrected chi connectivity index (χ2v) is 23.4. The molecule has 5 aromatic rings. The molecule has 0 saturated carbocycles. The SMILES string of the molecule is CCCC[C](Cc1ccccc1)=[Zr+2]([c]1c2c(cc(C(C)(C)C)c1-c1ccccc1)-c1cc(C(C)(C)C)c(-c3ccccc3)cc1C2)[CH]1C=CC=C1.[Cl-].[Cl-]. The molecule has 2 aliphatic rings. The van der Waals surface area contributed by atoms with Gasteiger partial charge in [0.2, 0.25) is 0 Å². The van der Waals surface area contributed by atoms with Crippen molar-refractivity contribution in [2.24, 2.45) is 0 Å². The van der Waals surface area contributed by atoms with Gasteiger partial charge >= 0.3 is 317 Å². The molecular formula is C50H54Cl2Zr. The van der Waals surface area contributed by atoms with Crippen LogP contribution < -0.4 is 28.1 Å². The molecule has 0 spiro atoms. The Labute approximate surface area is 339 Å². The number of hydrogen-bond acceptors (Lipinski definition) is 0. The van der Waals surface area contributed by atoms with Gasteiger partial charge in [0.05, 0.1) is 0 Å². The predicted octanol–water partition coefficient (Wildman–Crippen LogP) is 6.96. The van der Waals surface area contributed by atoms with Gasteiger partial charge in [-0.3, -0.25) is 0 Å². The molecule has 0 radical (unpaired) electrons. The Hall–Kier alpha value is -3.09. The van der Waals surface area contributed by atoms with Gasteiger partial charge in [-0.05, 0) is 0 Å². The summed E-state index contributed by atoms with van der Waals surface area (Å²) in [6.45, 7) is 16.8. The first kappa shape index (κ1) is 41.1. The summed E-state index contributed by atoms with van der Waals surface area (Å²) >= 11 is -2.69. The van der Waals surface area contributed by atoms with Crippen LogP contribution in [0.3, 0.4) is 0 Å². The van der Waals surface area contributed by atoms with Gasteiger partial charge in [0.25, 0.3) is 0 Å². The Morgan fingerprint density at radius 3 is 1.75 bits per heavy atom. The molecule has 0 atom stereocenters. The van der Waals surface area contributed by atoms with Crippen molar-refractivity contribution in [1.29, 1.82) is 0 Å². The van der Waals surface area contributed by atoms with Crippen molar-refractivity contribution < 1.29 is 46.1 Å². The van der Waals surface area contributed by atoms with Crippen molar-refractivity contribution in [3.8, 4) is 33.4 Å². The zero-order valence-electron chi connectivity index (χ0n) is 32.6. The first-order valence-corrected chi connectivity index (χ1v) is 23.0. The Kier molecular flexibility index (Phi) is 13.3. The molecule has 53 heavy (non-hydrogen) atoms. The van der Waals surface area contributed by atoms with Crippen molar-refractivity contribution in [2.45, 2.75) is 95.0 Å². The van der Waals surface area contributed by atoms with E-state index in [-0.39, 0.29) is 35.6 Å². The Bertz CT molecular complexity index is 2110. The summed E-state index contributed by atoms with van der Waals surface area (Å²) in [6.07, 6.45) is 15.6. The smallest absolute Gasteiger partial charge is 1.00 e. The van der Waals surface area contributed by atoms with E-state index >= 15 is 0 Å². The third-order valence-electron chi connectivity index (χ3n) is 10.9. The van der Waals surface area contributed by atoms with Crippen LogP contribution in [0, 0.1) is 0 Å². The van der Waals surface area contributed by atoms with E-state index in [4.69, 9.17) is 0 Å². The summed E-state index contributed by atoms with van der Waals surface area (Å²) < 4.78 is 4.12. The second kappa shape index (κ2) is 17.2. The maximum atomic E-state index is 2.63. The zero-order chi connectivity index (χ0) is 35.8. The summed E-state index contributed by atoms with van der Waals surface area (Å²) in [4.78, 5) is 0. The zero-order valence-corrected chi connectivity index (χ0v) is 36.5. The molecule has 0 amide bonds. The Balaban J connectivity index is 0.00000271. The molecule has 0 N–H and O–H groups in total. The molecule has 0 aromatic heterocycles. The minimum Gasteiger partial charge on any atom is -1.00 e. The van der Waals surface area contributed by atoms with Crippen molar-refractivity contribution in [1.82, 2.24) is 0 Å². The molecule has 0 unspecified atom stereocenters. The summed E-state index contributed by atoms with van der Waals surface area (Å²) in [6, 6.07) is 41.7. The maximum Gasteiger partial charge on any atom is -1.00 e. The molecule has 0 nitrogen and oxygen atoms in total. The topological polar surface area (TPSA) is 0 Å². The van der Waals surface area contributed by atoms with Crippen molar-refractivity contribution in [2.75, 3.05) is 0 Å². The predicted molar refractivity (Wildman–Crippen MR) is 219 cm³/mol. The standard InChI is InChI=1S/C33H33.C12H16.C5H5.2ClH.Zr/c1-32(2,3)30-20-26-24(18-28(30)22-13-9-7-10-14-22)17-25-19-29(23-15-11-8-12-16-23)31(21-27(25)26)33(4,5)6;1-2-3-4-6-9-12-10-7-5-8-11-12;1-2-4-5-3-1;;;/h7-16,18,20-21H,17H2,1-6H3;5,7-8,10-11H,2-4,9H2,1H3;1-5H;2*1H;/q;;;;;+2/p-2. The van der Waals surface area contributed by atoms with Crippen molar-refractivity contribution in [3.05, 3.63) is 161 Å². The summed E-state index contributed by atoms with van der Waals surface area (Å²) in [7, 11) is 0. The summed E-state index contributed by atoms with van der Waals surface area (Å²) in [5, 5.41) is 0. The molecule has 2 aliphatic carbocycles. The molecule has 0 aliphatic heterocycles. The van der Waals surface area contributed by atoms with Gasteiger partial charge in [0, 0.05) is 0 Å². The summed E-state index contributed by atoms with van der Waals surface area (Å²) in [5.41, 5.74) is 16.1. The van der Waals surface area contributed by atoms with E-state index in [1.54, 1.807) is 14.4 Å². The van der Waals surface area contributed by atoms with Gasteiger partial charge in [-0.25, -0.2) is 0 Å². The number of rotatable bonds is 9. The van der Waals surface area contributed by atoms with E-state index in [0.717, 1.165) is 12.8 Å². The molecule has 3 heteroatoms. The van der Waals surface area contributed by atoms with Crippen LogP contribution in [0.1, 0.15) is 95.5 Å². The number of hydrogen-bond donors (Lipinski definition) is 0. The van der Waals surface area contributed by atoms with Gasteiger partial charge in [0.1, 0.15) is 0 Å². The van der Waals surface area contributed by atoms with Crippen LogP contribution in [-0.2, 0) is 44.9 Å². The average Bonchev–Trinajstić information content (AvgIpc) is 3.78. The van der Waals surface area contributed by atoms with Gasteiger partial charge in [-0.15, -0.1) is 0 Å². The summed E-state index contributed by atoms with van der Waals surface area (Å²) in [5.74, 6) is 0. The second-order valence-electron chi connectivity index (χ2n) is 16.7. The van der Waals surface area contributed by atoms with Crippen LogP contribution in [0.25, 0.3) is 33.4 Å². The molecule has 5 aromatic carbocycles. The number of fused-ring (bicyclic) bond motifs is 3. The minimum atomic E-state index is -2.69. The van der Waals surface area contributed by atoms with Gasteiger partial charge in [-0.1, -0.05) is 0 Å². The largest absolute Gasteiger partial charge is 1.00 e. The fraction of sp³-hybridized carbons (Fsp3) is 0.300. The van der Waals surface area contributed by atoms with Crippen LogP contribution in [-0.4, -0.2) is 3.21 Å². The van der Waals surface area contributed by atoms with E-state index in [1.165, 1.54) is 69.3 Å². The quantitative estimate of drug-likeness (QED) is 0.148. The Morgan fingerprint density at radius 1 is 0.642 bits per heavy atom. The number of allylic oxidation sites excluding steroid dienone is 4. The fourth-order valence-corrected chi connectivity index (χ4v) is 17.5. The van der Waals surface area contributed by atoms with E-state index in [9.17, 15) is 0 Å². The van der Waals surface area contributed by atoms with E-state index in [0.29, 0.717) is 3.63 Å². The van der Waals surface area contributed by atoms with Gasteiger partial charge < -0.3 is 24.8 Å². The number of benzene rings is 5. The minimum absolute atomic E-state index is 0. The Morgan fingerprint density at radius 2 is 1.19 bits per heavy atom. The van der Waals surface area contributed by atoms with Crippen LogP contribution >= 0.6 is 0 Å². The van der Waals surface area contributed by atoms with Crippen LogP contribution in [0.5, 0.6) is 0 Å². The number of halogens is 2. The van der Waals surface area contributed by atoms with Crippen molar-refractivity contribution >= 4 is 6.48 Å². The third kappa shape index (κ3) is 8.60. The molecule has 272 valence electrons. The molecule has 0 heterocycles. The van der Waals surface area contributed by atoms with Gasteiger partial charge in [0.15, 0.2) is 0 Å². The number of unbranched alkanes of at least 4 members (excludes halogenated alkanes) is 1. The van der Waals surface area contributed by atoms with Crippen LogP contribution in [0.4, 0.5) is 0 Å². The normalized spacial score (nSPS) is 13.6. The molecule has 7 rings (SSSR count). The van der Waals surface area contributed by atoms with Crippen molar-refractivity contribution in [3.63, 3.8) is 0 Å². The molecule has 0 bridgehead atoms. The van der Waals surface area contributed by atoms with Crippen LogP contribution in [0.2, 0.25) is 3.63 Å². The first-order valence-electron chi connectivity index (χ1n) is 19.1. The third-order valence-corrected chi connectivity index (χ3v) is 19.1. The molecule has 0 fully saturated rings. The van der Waals surface area contributed by atoms with E-state index in [2.05, 4.69) is 182 Å². The maximum absolute atomic E-state index is 2.69. The average molecular weight is 817 g/mol. The van der Waals surface area contributed by atoms with Gasteiger partial charge in [-0.2, -0.15) is 0 Å².